The van der Waals surface area contributed by atoms with Crippen LogP contribution >= 0.6 is 0 Å². The molecule has 1 fully saturated rings. The summed E-state index contributed by atoms with van der Waals surface area (Å²) in [5, 5.41) is 2.58. The van der Waals surface area contributed by atoms with E-state index in [2.05, 4.69) is 41.4 Å². The molecular formula is C19H18F2N2O2Si. The minimum absolute atomic E-state index is 0.160. The van der Waals surface area contributed by atoms with E-state index in [1.54, 1.807) is 12.1 Å². The molecule has 2 heterocycles. The maximum Gasteiger partial charge on any atom is 0.408 e. The van der Waals surface area contributed by atoms with E-state index in [4.69, 9.17) is 4.74 Å². The van der Waals surface area contributed by atoms with Crippen LogP contribution in [-0.2, 0) is 4.74 Å². The number of pyridine rings is 1. The second kappa shape index (κ2) is 6.88. The Morgan fingerprint density at radius 1 is 1.23 bits per heavy atom. The smallest absolute Gasteiger partial charge is 0.408 e. The molecule has 1 saturated heterocycles. The number of alkyl carbamates (subject to hydrolysis) is 1. The van der Waals surface area contributed by atoms with Gasteiger partial charge in [0.25, 0.3) is 0 Å². The van der Waals surface area contributed by atoms with Gasteiger partial charge in [-0.15, -0.1) is 5.54 Å². The van der Waals surface area contributed by atoms with Gasteiger partial charge < -0.3 is 10.1 Å². The third-order valence-electron chi connectivity index (χ3n) is 3.77. The lowest BCUT2D eigenvalue weighted by Gasteiger charge is -2.18. The first-order valence-corrected chi connectivity index (χ1v) is 11.6. The van der Waals surface area contributed by atoms with Gasteiger partial charge in [-0.25, -0.2) is 14.2 Å². The zero-order chi connectivity index (χ0) is 18.9. The van der Waals surface area contributed by atoms with Crippen molar-refractivity contribution in [2.24, 2.45) is 0 Å². The first-order chi connectivity index (χ1) is 12.2. The summed E-state index contributed by atoms with van der Waals surface area (Å²) in [7, 11) is -1.60. The van der Waals surface area contributed by atoms with E-state index in [1.165, 1.54) is 24.4 Å². The van der Waals surface area contributed by atoms with Gasteiger partial charge in [-0.3, -0.25) is 0 Å². The third-order valence-corrected chi connectivity index (χ3v) is 4.65. The van der Waals surface area contributed by atoms with Crippen LogP contribution in [0, 0.1) is 23.2 Å². The Hall–Kier alpha value is -2.72. The molecule has 1 aliphatic heterocycles. The van der Waals surface area contributed by atoms with E-state index in [9.17, 15) is 13.6 Å². The molecule has 0 spiro atoms. The van der Waals surface area contributed by atoms with Gasteiger partial charge in [0.2, 0.25) is 5.95 Å². The number of halogens is 2. The Balaban J connectivity index is 2.00. The van der Waals surface area contributed by atoms with Crippen LogP contribution in [0.5, 0.6) is 0 Å². The van der Waals surface area contributed by atoms with Crippen molar-refractivity contribution in [1.29, 1.82) is 0 Å². The Labute approximate surface area is 151 Å². The average molecular weight is 372 g/mol. The van der Waals surface area contributed by atoms with E-state index in [0.717, 1.165) is 0 Å². The monoisotopic (exact) mass is 372 g/mol. The molecule has 0 saturated carbocycles. The first-order valence-electron chi connectivity index (χ1n) is 8.14. The summed E-state index contributed by atoms with van der Waals surface area (Å²) in [6, 6.07) is 6.43. The number of nitrogens with one attached hydrogen (secondary N) is 1. The van der Waals surface area contributed by atoms with Crippen LogP contribution in [0.4, 0.5) is 13.6 Å². The molecule has 3 rings (SSSR count). The Morgan fingerprint density at radius 2 is 2.00 bits per heavy atom. The Morgan fingerprint density at radius 3 is 2.69 bits per heavy atom. The molecule has 0 aliphatic carbocycles. The molecule has 0 unspecified atom stereocenters. The second-order valence-electron chi connectivity index (χ2n) is 7.11. The fourth-order valence-corrected chi connectivity index (χ4v) is 3.14. The molecule has 134 valence electrons. The van der Waals surface area contributed by atoms with E-state index in [1.807, 2.05) is 0 Å². The van der Waals surface area contributed by atoms with Crippen molar-refractivity contribution in [1.82, 2.24) is 10.3 Å². The van der Waals surface area contributed by atoms with Gasteiger partial charge >= 0.3 is 6.09 Å². The molecule has 7 heteroatoms. The summed E-state index contributed by atoms with van der Waals surface area (Å²) in [6.45, 7) is 6.30. The van der Waals surface area contributed by atoms with E-state index in [0.29, 0.717) is 11.1 Å². The summed E-state index contributed by atoms with van der Waals surface area (Å²) in [5.74, 6) is 1.84. The lowest BCUT2D eigenvalue weighted by Crippen LogP contribution is -2.21. The van der Waals surface area contributed by atoms with Gasteiger partial charge in [0.1, 0.15) is 19.9 Å². The van der Waals surface area contributed by atoms with Crippen molar-refractivity contribution in [3.63, 3.8) is 0 Å². The van der Waals surface area contributed by atoms with Gasteiger partial charge in [0, 0.05) is 17.3 Å². The maximum absolute atomic E-state index is 14.4. The number of hydrogen-bond acceptors (Lipinski definition) is 3. The van der Waals surface area contributed by atoms with Crippen LogP contribution in [-0.4, -0.2) is 19.2 Å². The fourth-order valence-electron chi connectivity index (χ4n) is 2.62. The highest BCUT2D eigenvalue weighted by atomic mass is 28.3. The van der Waals surface area contributed by atoms with Gasteiger partial charge in [0.05, 0.1) is 0 Å². The summed E-state index contributed by atoms with van der Waals surface area (Å²) >= 11 is 0. The van der Waals surface area contributed by atoms with Gasteiger partial charge in [-0.2, -0.15) is 4.39 Å². The van der Waals surface area contributed by atoms with Crippen molar-refractivity contribution in [3.8, 4) is 11.5 Å². The lowest BCUT2D eigenvalue weighted by molar-refractivity contribution is 0.131. The molecule has 1 aliphatic rings. The summed E-state index contributed by atoms with van der Waals surface area (Å²) in [4.78, 5) is 15.5. The number of carbonyl (C=O) groups excluding carboxylic acids is 1. The van der Waals surface area contributed by atoms with Gasteiger partial charge in [-0.1, -0.05) is 37.7 Å². The van der Waals surface area contributed by atoms with Crippen LogP contribution in [0.3, 0.4) is 0 Å². The summed E-state index contributed by atoms with van der Waals surface area (Å²) in [5.41, 5.74) is 4.35. The normalized spacial score (nSPS) is 19.3. The summed E-state index contributed by atoms with van der Waals surface area (Å²) in [6.07, 6.45) is -0.183. The van der Waals surface area contributed by atoms with Gasteiger partial charge in [-0.05, 0) is 23.8 Å². The zero-order valence-electron chi connectivity index (χ0n) is 14.6. The molecular weight excluding hydrogens is 354 g/mol. The number of ether oxygens (including phenoxy) is 1. The average Bonchev–Trinajstić information content (AvgIpc) is 2.95. The number of nitrogens with zero attached hydrogens (tertiary/aromatic N) is 1. The van der Waals surface area contributed by atoms with E-state index < -0.39 is 38.1 Å². The Bertz CT molecular complexity index is 916. The number of benzene rings is 1. The Kier molecular flexibility index (Phi) is 4.79. The summed E-state index contributed by atoms with van der Waals surface area (Å²) < 4.78 is 33.1. The zero-order valence-corrected chi connectivity index (χ0v) is 15.6. The number of rotatable bonds is 2. The number of aromatic nitrogens is 1. The molecule has 26 heavy (non-hydrogen) atoms. The third kappa shape index (κ3) is 4.08. The molecule has 1 aromatic heterocycles. The van der Waals surface area contributed by atoms with Crippen LogP contribution < -0.4 is 5.32 Å². The minimum Gasteiger partial charge on any atom is -0.439 e. The van der Waals surface area contributed by atoms with Crippen LogP contribution in [0.15, 0.2) is 36.5 Å². The van der Waals surface area contributed by atoms with Crippen molar-refractivity contribution in [2.75, 3.05) is 0 Å². The second-order valence-corrected chi connectivity index (χ2v) is 11.9. The number of amides is 1. The topological polar surface area (TPSA) is 51.2 Å². The van der Waals surface area contributed by atoms with Crippen LogP contribution in [0.25, 0.3) is 0 Å². The molecule has 1 aromatic carbocycles. The molecule has 0 radical (unpaired) electrons. The highest BCUT2D eigenvalue weighted by Gasteiger charge is 2.38. The molecule has 2 atom stereocenters. The highest BCUT2D eigenvalue weighted by molar-refractivity contribution is 6.83. The number of carbonyl (C=O) groups is 1. The number of hydrogen-bond donors (Lipinski definition) is 1. The largest absolute Gasteiger partial charge is 0.439 e. The van der Waals surface area contributed by atoms with Crippen molar-refractivity contribution < 1.29 is 18.3 Å². The fraction of sp³-hybridized carbons (Fsp3) is 0.263. The first kappa shape index (κ1) is 18.1. The van der Waals surface area contributed by atoms with Gasteiger partial charge in [0.15, 0.2) is 6.10 Å². The molecule has 0 bridgehead atoms. The molecule has 2 aromatic rings. The van der Waals surface area contributed by atoms with Crippen molar-refractivity contribution in [3.05, 3.63) is 65.0 Å². The number of cyclic esters (lactones) is 1. The van der Waals surface area contributed by atoms with E-state index >= 15 is 0 Å². The van der Waals surface area contributed by atoms with Crippen LogP contribution in [0.2, 0.25) is 19.6 Å². The minimum atomic E-state index is -1.60. The molecule has 1 amide bonds. The quantitative estimate of drug-likeness (QED) is 0.490. The van der Waals surface area contributed by atoms with E-state index in [-0.39, 0.29) is 5.56 Å². The van der Waals surface area contributed by atoms with Crippen LogP contribution in [0.1, 0.15) is 28.8 Å². The standard InChI is InChI=1S/C19H18F2N2O2Si/c1-26(2,3)8-7-12-9-15(18(21)22-11-12)16-17(25-19(24)23-16)13-5-4-6-14(20)10-13/h4-6,9-11,16-17H,1-3H3,(H,23,24)/t16-,17-/m1/s1. The predicted molar refractivity (Wildman–Crippen MR) is 95.9 cm³/mol. The predicted octanol–water partition coefficient (Wildman–Crippen LogP) is 4.11. The van der Waals surface area contributed by atoms with Crippen molar-refractivity contribution in [2.45, 2.75) is 31.8 Å². The van der Waals surface area contributed by atoms with Crippen molar-refractivity contribution >= 4 is 14.2 Å². The highest BCUT2D eigenvalue weighted by Crippen LogP contribution is 2.37. The SMILES string of the molecule is C[Si](C)(C)C#Cc1cnc(F)c([C@H]2NC(=O)O[C@@H]2c2cccc(F)c2)c1. The molecule has 4 nitrogen and oxygen atoms in total. The maximum atomic E-state index is 14.4. The molecule has 1 N–H and O–H groups in total. The lowest BCUT2D eigenvalue weighted by atomic mass is 9.96.